The molecule has 3 aromatic carbocycles. The van der Waals surface area contributed by atoms with Gasteiger partial charge in [-0.25, -0.2) is 0 Å². The van der Waals surface area contributed by atoms with Crippen LogP contribution in [0.15, 0.2) is 66.7 Å². The number of fused-ring (bicyclic) bond motifs is 1. The minimum atomic E-state index is -1.59. The highest BCUT2D eigenvalue weighted by molar-refractivity contribution is 5.95. The normalized spacial score (nSPS) is 20.3. The second kappa shape index (κ2) is 8.95. The van der Waals surface area contributed by atoms with Gasteiger partial charge in [0, 0.05) is 33.0 Å². The Morgan fingerprint density at radius 2 is 1.79 bits per heavy atom. The van der Waals surface area contributed by atoms with Gasteiger partial charge in [0.1, 0.15) is 23.4 Å². The molecule has 2 N–H and O–H groups in total. The first-order valence-corrected chi connectivity index (χ1v) is 11.5. The first-order chi connectivity index (χ1) is 17.2. The molecular formula is C29H31NO3. The summed E-state index contributed by atoms with van der Waals surface area (Å²) in [5, 5.41) is 19.9. The number of hydrogen-bond acceptors (Lipinski definition) is 4. The molecule has 2 aliphatic heterocycles. The Kier molecular flexibility index (Phi) is 4.94. The maximum Gasteiger partial charge on any atom is 0.150 e. The first kappa shape index (κ1) is 18.2. The molecule has 5 rings (SSSR count). The number of aromatic hydroxyl groups is 2. The maximum atomic E-state index is 10.0. The van der Waals surface area contributed by atoms with E-state index < -0.39 is 12.5 Å². The van der Waals surface area contributed by atoms with Crippen LogP contribution in [0.5, 0.6) is 17.2 Å². The molecule has 4 heteroatoms. The van der Waals surface area contributed by atoms with Crippen LogP contribution >= 0.6 is 0 Å². The fourth-order valence-corrected chi connectivity index (χ4v) is 4.76. The number of likely N-dealkylation sites (tertiary alicyclic amines) is 1. The second-order valence-electron chi connectivity index (χ2n) is 8.90. The summed E-state index contributed by atoms with van der Waals surface area (Å²) < 4.78 is 32.7. The van der Waals surface area contributed by atoms with Crippen molar-refractivity contribution in [2.24, 2.45) is 5.92 Å². The van der Waals surface area contributed by atoms with Crippen molar-refractivity contribution in [2.45, 2.75) is 32.7 Å². The Bertz CT molecular complexity index is 1310. The lowest BCUT2D eigenvalue weighted by atomic mass is 9.85. The fourth-order valence-electron chi connectivity index (χ4n) is 4.76. The number of phenols is 2. The molecule has 3 aromatic rings. The molecule has 0 aromatic heterocycles. The number of allylic oxidation sites excluding steroid dienone is 1. The highest BCUT2D eigenvalue weighted by atomic mass is 16.5. The molecule has 0 amide bonds. The monoisotopic (exact) mass is 444 g/mol. The minimum Gasteiger partial charge on any atom is -0.508 e. The van der Waals surface area contributed by atoms with Crippen LogP contribution in [0.2, 0.25) is 0 Å². The van der Waals surface area contributed by atoms with Gasteiger partial charge in [-0.15, -0.1) is 0 Å². The number of ether oxygens (including phenoxy) is 1. The van der Waals surface area contributed by atoms with Crippen molar-refractivity contribution in [2.75, 3.05) is 19.6 Å². The summed E-state index contributed by atoms with van der Waals surface area (Å²) in [7, 11) is 0. The zero-order valence-electron chi connectivity index (χ0n) is 22.0. The molecule has 1 unspecified atom stereocenters. The molecule has 4 nitrogen and oxygen atoms in total. The fraction of sp³-hybridized carbons (Fsp3) is 0.310. The molecule has 0 saturated carbocycles. The summed E-state index contributed by atoms with van der Waals surface area (Å²) in [6, 6.07) is 17.4. The third-order valence-electron chi connectivity index (χ3n) is 6.45. The van der Waals surface area contributed by atoms with Gasteiger partial charge in [0.2, 0.25) is 0 Å². The van der Waals surface area contributed by atoms with Crippen LogP contribution in [0, 0.1) is 5.92 Å². The van der Waals surface area contributed by atoms with E-state index in [-0.39, 0.29) is 23.5 Å². The number of hydrogen-bond donors (Lipinski definition) is 2. The molecule has 33 heavy (non-hydrogen) atoms. The van der Waals surface area contributed by atoms with E-state index in [1.54, 1.807) is 36.4 Å². The summed E-state index contributed by atoms with van der Waals surface area (Å²) >= 11 is 0. The van der Waals surface area contributed by atoms with Gasteiger partial charge in [0.15, 0.2) is 0 Å². The number of rotatable bonds is 6. The van der Waals surface area contributed by atoms with Gasteiger partial charge in [0.05, 0.1) is 1.37 Å². The van der Waals surface area contributed by atoms with Crippen LogP contribution in [-0.2, 0) is 6.37 Å². The highest BCUT2D eigenvalue weighted by Crippen LogP contribution is 2.47. The number of phenolic OH excluding ortho intramolecular Hbond substituents is 2. The lowest BCUT2D eigenvalue weighted by molar-refractivity contribution is 0.101. The van der Waals surface area contributed by atoms with Gasteiger partial charge in [-0.3, -0.25) is 0 Å². The molecule has 2 aliphatic rings. The summed E-state index contributed by atoms with van der Waals surface area (Å²) in [5.74, 6) is 0.700. The Morgan fingerprint density at radius 3 is 2.52 bits per heavy atom. The van der Waals surface area contributed by atoms with Crippen molar-refractivity contribution < 1.29 is 19.1 Å². The summed E-state index contributed by atoms with van der Waals surface area (Å²) in [5.41, 5.74) is 4.75. The number of nitrogens with zero attached hydrogens (tertiary/aromatic N) is 1. The van der Waals surface area contributed by atoms with E-state index in [0.717, 1.165) is 40.8 Å². The highest BCUT2D eigenvalue weighted by Gasteiger charge is 2.30. The van der Waals surface area contributed by atoms with Crippen molar-refractivity contribution in [3.63, 3.8) is 0 Å². The molecule has 170 valence electrons. The summed E-state index contributed by atoms with van der Waals surface area (Å²) in [6.45, 7) is 6.52. The molecule has 0 radical (unpaired) electrons. The minimum absolute atomic E-state index is 0.107. The van der Waals surface area contributed by atoms with Gasteiger partial charge in [-0.05, 0) is 78.7 Å². The van der Waals surface area contributed by atoms with Gasteiger partial charge in [0.25, 0.3) is 0 Å². The van der Waals surface area contributed by atoms with E-state index >= 15 is 0 Å². The van der Waals surface area contributed by atoms with Gasteiger partial charge in [-0.2, -0.15) is 0 Å². The number of benzene rings is 3. The third kappa shape index (κ3) is 4.36. The smallest absolute Gasteiger partial charge is 0.150 e. The van der Waals surface area contributed by atoms with Crippen LogP contribution in [0.1, 0.15) is 52.7 Å². The van der Waals surface area contributed by atoms with E-state index in [4.69, 9.17) is 8.85 Å². The Balaban J connectivity index is 1.53. The third-order valence-corrected chi connectivity index (χ3v) is 6.45. The van der Waals surface area contributed by atoms with Crippen molar-refractivity contribution in [1.29, 1.82) is 0 Å². The van der Waals surface area contributed by atoms with Crippen molar-refractivity contribution >= 4 is 11.1 Å². The summed E-state index contributed by atoms with van der Waals surface area (Å²) in [6.07, 6.45) is -1.10. The average Bonchev–Trinajstić information content (AvgIpc) is 2.81. The molecule has 0 spiro atoms. The average molecular weight is 445 g/mol. The lowest BCUT2D eigenvalue weighted by Gasteiger charge is -2.39. The molecule has 2 heterocycles. The van der Waals surface area contributed by atoms with Crippen LogP contribution in [0.4, 0.5) is 0 Å². The molecular weight excluding hydrogens is 410 g/mol. The molecule has 0 aliphatic carbocycles. The first-order valence-electron chi connectivity index (χ1n) is 13.0. The largest absolute Gasteiger partial charge is 0.508 e. The van der Waals surface area contributed by atoms with Crippen LogP contribution < -0.4 is 4.74 Å². The Hall–Kier alpha value is -3.24. The topological polar surface area (TPSA) is 52.9 Å². The molecule has 1 saturated heterocycles. The van der Waals surface area contributed by atoms with Gasteiger partial charge in [-0.1, -0.05) is 43.3 Å². The standard InChI is InChI=1S/C29H31NO3/c1-3-14-30-17-21(18-30)15-20-4-6-23(7-5-20)29-28(22-8-10-24(31)11-9-22)19(2)26-13-12-25(32)16-27(26)33-29/h4-13,16,21,29,31-32H,3,14-15,17-18H2,1-2H3/i4D,15D2. The van der Waals surface area contributed by atoms with E-state index in [0.29, 0.717) is 24.4 Å². The van der Waals surface area contributed by atoms with Crippen molar-refractivity contribution in [3.05, 3.63) is 89.0 Å². The van der Waals surface area contributed by atoms with Crippen LogP contribution in [0.25, 0.3) is 11.1 Å². The van der Waals surface area contributed by atoms with E-state index in [1.165, 1.54) is 0 Å². The SMILES string of the molecule is [2H]c1cc(C2Oc3cc(O)ccc3C(C)=C2c2ccc(O)cc2)ccc1C([2H])([2H])C1CN(CCC)C1. The van der Waals surface area contributed by atoms with Gasteiger partial charge < -0.3 is 19.8 Å². The predicted octanol–water partition coefficient (Wildman–Crippen LogP) is 6.05. The Morgan fingerprint density at radius 1 is 1.03 bits per heavy atom. The molecule has 0 bridgehead atoms. The quantitative estimate of drug-likeness (QED) is 0.486. The predicted molar refractivity (Wildman–Crippen MR) is 132 cm³/mol. The molecule has 1 atom stereocenters. The van der Waals surface area contributed by atoms with E-state index in [2.05, 4.69) is 11.8 Å². The zero-order chi connectivity index (χ0) is 25.6. The second-order valence-corrected chi connectivity index (χ2v) is 8.90. The van der Waals surface area contributed by atoms with Crippen molar-refractivity contribution in [3.8, 4) is 17.2 Å². The van der Waals surface area contributed by atoms with Crippen molar-refractivity contribution in [1.82, 2.24) is 4.90 Å². The lowest BCUT2D eigenvalue weighted by Crippen LogP contribution is -2.47. The summed E-state index contributed by atoms with van der Waals surface area (Å²) in [4.78, 5) is 2.25. The maximum absolute atomic E-state index is 10.0. The van der Waals surface area contributed by atoms with Crippen LogP contribution in [0.3, 0.4) is 0 Å². The van der Waals surface area contributed by atoms with E-state index in [9.17, 15) is 10.2 Å². The Labute approximate surface area is 200 Å². The van der Waals surface area contributed by atoms with Gasteiger partial charge >= 0.3 is 0 Å². The van der Waals surface area contributed by atoms with E-state index in [1.807, 2.05) is 31.2 Å². The zero-order valence-corrected chi connectivity index (χ0v) is 19.0. The van der Waals surface area contributed by atoms with Crippen LogP contribution in [-0.4, -0.2) is 34.7 Å². The molecule has 1 fully saturated rings.